The molecular weight excluding hydrogens is 564 g/mol. The average Bonchev–Trinajstić information content (AvgIpc) is 2.95. The predicted molar refractivity (Wildman–Crippen MR) is 170 cm³/mol. The van der Waals surface area contributed by atoms with E-state index in [4.69, 9.17) is 18.9 Å². The average molecular weight is 607 g/mol. The molecular formula is C35H42O7S. The summed E-state index contributed by atoms with van der Waals surface area (Å²) in [7, 11) is 1.58. The molecule has 8 heteroatoms. The summed E-state index contributed by atoms with van der Waals surface area (Å²) in [6, 6.07) is 19.2. The van der Waals surface area contributed by atoms with Crippen molar-refractivity contribution >= 4 is 17.7 Å². The molecule has 230 valence electrons. The number of esters is 1. The maximum absolute atomic E-state index is 13.2. The Hall–Kier alpha value is -3.46. The molecule has 1 aliphatic heterocycles. The molecule has 3 aromatic rings. The summed E-state index contributed by atoms with van der Waals surface area (Å²) >= 11 is 1.25. The van der Waals surface area contributed by atoms with Gasteiger partial charge in [-0.1, -0.05) is 62.4 Å². The lowest BCUT2D eigenvalue weighted by molar-refractivity contribution is -0.156. The second-order valence-corrected chi connectivity index (χ2v) is 13.2. The number of phenolic OH excluding ortho intramolecular Hbond substituents is 1. The minimum atomic E-state index is -0.823. The van der Waals surface area contributed by atoms with Gasteiger partial charge in [-0.25, -0.2) is 4.79 Å². The van der Waals surface area contributed by atoms with Crippen molar-refractivity contribution in [3.05, 3.63) is 88.0 Å². The Labute approximate surface area is 258 Å². The number of carbonyl (C=O) groups excluding carboxylic acids is 1. The first kappa shape index (κ1) is 32.5. The highest BCUT2D eigenvalue weighted by molar-refractivity contribution is 8.04. The molecule has 7 nitrogen and oxygen atoms in total. The first-order chi connectivity index (χ1) is 20.4. The third kappa shape index (κ3) is 8.56. The van der Waals surface area contributed by atoms with E-state index < -0.39 is 11.6 Å². The van der Waals surface area contributed by atoms with E-state index >= 15 is 0 Å². The van der Waals surface area contributed by atoms with Gasteiger partial charge in [-0.05, 0) is 85.2 Å². The zero-order valence-electron chi connectivity index (χ0n) is 25.9. The summed E-state index contributed by atoms with van der Waals surface area (Å²) < 4.78 is 22.3. The maximum atomic E-state index is 13.2. The van der Waals surface area contributed by atoms with Crippen LogP contribution in [0, 0.1) is 6.92 Å². The fourth-order valence-electron chi connectivity index (χ4n) is 5.00. The van der Waals surface area contributed by atoms with Crippen LogP contribution in [0.15, 0.2) is 76.2 Å². The fourth-order valence-corrected chi connectivity index (χ4v) is 6.15. The van der Waals surface area contributed by atoms with Crippen molar-refractivity contribution < 1.29 is 34.0 Å². The number of ether oxygens (including phenoxy) is 4. The molecule has 1 unspecified atom stereocenters. The Bertz CT molecular complexity index is 1460. The van der Waals surface area contributed by atoms with Crippen LogP contribution in [0.4, 0.5) is 0 Å². The molecule has 0 bridgehead atoms. The van der Waals surface area contributed by atoms with Gasteiger partial charge in [0.25, 0.3) is 0 Å². The molecule has 0 aromatic heterocycles. The standard InChI is InChI=1S/C35H42O7S/c1-23-7-13-30(41-18-17-40-22-39-6)27(19-23)25-10-14-31(28(20-25)34(2,3)4)43-32-29(37)21-35(5,42-33(32)38)16-15-24-8-11-26(36)12-9-24/h7-14,19-20,36-37H,15-18,21-22H2,1-6H3. The summed E-state index contributed by atoms with van der Waals surface area (Å²) in [5.41, 5.74) is 4.08. The molecule has 0 spiro atoms. The first-order valence-corrected chi connectivity index (χ1v) is 15.3. The molecule has 1 heterocycles. The molecule has 1 atom stereocenters. The number of benzene rings is 3. The summed E-state index contributed by atoms with van der Waals surface area (Å²) in [4.78, 5) is 14.3. The summed E-state index contributed by atoms with van der Waals surface area (Å²) in [5, 5.41) is 20.6. The number of aliphatic hydroxyl groups is 1. The van der Waals surface area contributed by atoms with Gasteiger partial charge in [-0.3, -0.25) is 0 Å². The monoisotopic (exact) mass is 606 g/mol. The van der Waals surface area contributed by atoms with Crippen LogP contribution < -0.4 is 4.74 Å². The second kappa shape index (κ2) is 13.9. The number of methoxy groups -OCH3 is 1. The number of cyclic esters (lactones) is 1. The van der Waals surface area contributed by atoms with Crippen LogP contribution in [0.5, 0.6) is 11.5 Å². The van der Waals surface area contributed by atoms with E-state index in [-0.39, 0.29) is 35.0 Å². The summed E-state index contributed by atoms with van der Waals surface area (Å²) in [5.74, 6) is 0.495. The highest BCUT2D eigenvalue weighted by Gasteiger charge is 2.39. The number of hydrogen-bond acceptors (Lipinski definition) is 8. The largest absolute Gasteiger partial charge is 0.511 e. The van der Waals surface area contributed by atoms with Gasteiger partial charge in [0.15, 0.2) is 0 Å². The van der Waals surface area contributed by atoms with Gasteiger partial charge in [0, 0.05) is 24.0 Å². The van der Waals surface area contributed by atoms with Crippen LogP contribution in [0.3, 0.4) is 0 Å². The molecule has 0 saturated carbocycles. The lowest BCUT2D eigenvalue weighted by Crippen LogP contribution is -2.37. The highest BCUT2D eigenvalue weighted by atomic mass is 32.2. The molecule has 0 fully saturated rings. The molecule has 0 amide bonds. The van der Waals surface area contributed by atoms with Crippen LogP contribution in [0.25, 0.3) is 11.1 Å². The van der Waals surface area contributed by atoms with Gasteiger partial charge < -0.3 is 29.2 Å². The summed E-state index contributed by atoms with van der Waals surface area (Å²) in [6.45, 7) is 11.3. The molecule has 0 radical (unpaired) electrons. The molecule has 3 aromatic carbocycles. The van der Waals surface area contributed by atoms with Gasteiger partial charge in [0.2, 0.25) is 0 Å². The van der Waals surface area contributed by atoms with E-state index in [1.165, 1.54) is 11.8 Å². The lowest BCUT2D eigenvalue weighted by atomic mass is 9.85. The van der Waals surface area contributed by atoms with Crippen LogP contribution in [0.2, 0.25) is 0 Å². The Morgan fingerprint density at radius 1 is 1.00 bits per heavy atom. The van der Waals surface area contributed by atoms with Gasteiger partial charge in [0.1, 0.15) is 41.2 Å². The van der Waals surface area contributed by atoms with Crippen molar-refractivity contribution in [1.82, 2.24) is 0 Å². The van der Waals surface area contributed by atoms with Crippen LogP contribution in [-0.2, 0) is 30.8 Å². The Kier molecular flexibility index (Phi) is 10.5. The van der Waals surface area contributed by atoms with Crippen LogP contribution in [-0.4, -0.2) is 48.9 Å². The SMILES string of the molecule is COCOCCOc1ccc(C)cc1-c1ccc(SC2=C(O)CC(C)(CCc3ccc(O)cc3)OC2=O)c(C(C)(C)C)c1. The number of hydrogen-bond donors (Lipinski definition) is 2. The maximum Gasteiger partial charge on any atom is 0.348 e. The van der Waals surface area contributed by atoms with Crippen molar-refractivity contribution in [2.75, 3.05) is 27.1 Å². The smallest absolute Gasteiger partial charge is 0.348 e. The third-order valence-electron chi connectivity index (χ3n) is 7.34. The van der Waals surface area contributed by atoms with Crippen molar-refractivity contribution in [3.8, 4) is 22.6 Å². The molecule has 0 saturated heterocycles. The number of phenols is 1. The lowest BCUT2D eigenvalue weighted by Gasteiger charge is -2.34. The Balaban J connectivity index is 1.56. The topological polar surface area (TPSA) is 94.5 Å². The molecule has 4 rings (SSSR count). The Morgan fingerprint density at radius 3 is 2.42 bits per heavy atom. The molecule has 0 aliphatic carbocycles. The zero-order chi connectivity index (χ0) is 31.2. The molecule has 2 N–H and O–H groups in total. The number of aryl methyl sites for hydroxylation is 2. The van der Waals surface area contributed by atoms with E-state index in [1.807, 2.05) is 50.2 Å². The normalized spacial score (nSPS) is 17.2. The highest BCUT2D eigenvalue weighted by Crippen LogP contribution is 2.44. The van der Waals surface area contributed by atoms with E-state index in [1.54, 1.807) is 19.2 Å². The predicted octanol–water partition coefficient (Wildman–Crippen LogP) is 7.86. The van der Waals surface area contributed by atoms with Gasteiger partial charge in [-0.15, -0.1) is 0 Å². The second-order valence-electron chi connectivity index (χ2n) is 12.2. The van der Waals surface area contributed by atoms with Gasteiger partial charge in [-0.2, -0.15) is 0 Å². The van der Waals surface area contributed by atoms with Crippen LogP contribution >= 0.6 is 11.8 Å². The first-order valence-electron chi connectivity index (χ1n) is 14.4. The van der Waals surface area contributed by atoms with E-state index in [9.17, 15) is 15.0 Å². The van der Waals surface area contributed by atoms with E-state index in [0.717, 1.165) is 38.5 Å². The van der Waals surface area contributed by atoms with Gasteiger partial charge in [0.05, 0.1) is 6.61 Å². The van der Waals surface area contributed by atoms with Crippen molar-refractivity contribution in [2.24, 2.45) is 0 Å². The van der Waals surface area contributed by atoms with E-state index in [0.29, 0.717) is 26.1 Å². The number of thioether (sulfide) groups is 1. The minimum absolute atomic E-state index is 0.0449. The number of rotatable bonds is 12. The van der Waals surface area contributed by atoms with Crippen molar-refractivity contribution in [1.29, 1.82) is 0 Å². The molecule has 43 heavy (non-hydrogen) atoms. The van der Waals surface area contributed by atoms with Crippen LogP contribution in [0.1, 0.15) is 57.2 Å². The van der Waals surface area contributed by atoms with Gasteiger partial charge >= 0.3 is 5.97 Å². The number of aromatic hydroxyl groups is 1. The molecule has 1 aliphatic rings. The van der Waals surface area contributed by atoms with Crippen molar-refractivity contribution in [3.63, 3.8) is 0 Å². The number of carbonyl (C=O) groups is 1. The Morgan fingerprint density at radius 2 is 1.74 bits per heavy atom. The fraction of sp³-hybridized carbons (Fsp3) is 0.400. The zero-order valence-corrected chi connectivity index (χ0v) is 26.7. The number of aliphatic hydroxyl groups excluding tert-OH is 1. The van der Waals surface area contributed by atoms with Crippen molar-refractivity contribution in [2.45, 2.75) is 69.8 Å². The quantitative estimate of drug-likeness (QED) is 0.122. The van der Waals surface area contributed by atoms with E-state index in [2.05, 4.69) is 32.9 Å². The third-order valence-corrected chi connectivity index (χ3v) is 8.52. The minimum Gasteiger partial charge on any atom is -0.511 e. The summed E-state index contributed by atoms with van der Waals surface area (Å²) in [6.07, 6.45) is 1.44.